The normalized spacial score (nSPS) is 15.3. The molecule has 1 fully saturated rings. The molecule has 1 saturated heterocycles. The summed E-state index contributed by atoms with van der Waals surface area (Å²) in [6.45, 7) is 2.05. The maximum absolute atomic E-state index is 12.0. The van der Waals surface area contributed by atoms with Crippen LogP contribution in [-0.2, 0) is 4.79 Å². The molecule has 2 N–H and O–H groups in total. The second-order valence-corrected chi connectivity index (χ2v) is 7.28. The van der Waals surface area contributed by atoms with Crippen LogP contribution in [0.25, 0.3) is 0 Å². The van der Waals surface area contributed by atoms with Gasteiger partial charge in [-0.2, -0.15) is 0 Å². The van der Waals surface area contributed by atoms with E-state index in [-0.39, 0.29) is 12.5 Å². The summed E-state index contributed by atoms with van der Waals surface area (Å²) in [5.41, 5.74) is 0. The summed E-state index contributed by atoms with van der Waals surface area (Å²) in [6, 6.07) is 7.45. The van der Waals surface area contributed by atoms with Crippen LogP contribution in [0.1, 0.15) is 23.6 Å². The Morgan fingerprint density at radius 2 is 2.17 bits per heavy atom. The van der Waals surface area contributed by atoms with Gasteiger partial charge in [-0.3, -0.25) is 10.1 Å². The maximum atomic E-state index is 12.0. The maximum Gasteiger partial charge on any atom is 0.264 e. The van der Waals surface area contributed by atoms with Gasteiger partial charge in [0, 0.05) is 11.1 Å². The fourth-order valence-corrected chi connectivity index (χ4v) is 3.90. The van der Waals surface area contributed by atoms with Crippen molar-refractivity contribution < 1.29 is 9.53 Å². The highest BCUT2D eigenvalue weighted by atomic mass is 79.9. The number of carbonyl (C=O) groups excluding carboxylic acids is 1. The fraction of sp³-hybridized carbons (Fsp3) is 0.375. The molecule has 5 nitrogen and oxygen atoms in total. The van der Waals surface area contributed by atoms with E-state index < -0.39 is 0 Å². The largest absolute Gasteiger partial charge is 0.483 e. The number of ether oxygens (including phenoxy) is 1. The lowest BCUT2D eigenvalue weighted by Crippen LogP contribution is -2.26. The topological polar surface area (TPSA) is 63.2 Å². The molecule has 2 aromatic rings. The van der Waals surface area contributed by atoms with Crippen LogP contribution in [0.15, 0.2) is 34.9 Å². The highest BCUT2D eigenvalue weighted by Crippen LogP contribution is 2.31. The summed E-state index contributed by atoms with van der Waals surface area (Å²) < 4.78 is 6.33. The number of thiazole rings is 1. The van der Waals surface area contributed by atoms with Crippen molar-refractivity contribution in [3.63, 3.8) is 0 Å². The highest BCUT2D eigenvalue weighted by molar-refractivity contribution is 9.10. The van der Waals surface area contributed by atoms with Crippen molar-refractivity contribution in [2.45, 2.75) is 18.8 Å². The highest BCUT2D eigenvalue weighted by Gasteiger charge is 2.18. The van der Waals surface area contributed by atoms with Crippen molar-refractivity contribution >= 4 is 38.3 Å². The second-order valence-electron chi connectivity index (χ2n) is 5.36. The molecule has 0 bridgehead atoms. The zero-order valence-corrected chi connectivity index (χ0v) is 15.0. The van der Waals surface area contributed by atoms with Crippen LogP contribution in [0.4, 0.5) is 5.13 Å². The number of hydrogen-bond donors (Lipinski definition) is 2. The van der Waals surface area contributed by atoms with Crippen molar-refractivity contribution in [3.05, 3.63) is 39.8 Å². The first-order valence-corrected chi connectivity index (χ1v) is 9.17. The van der Waals surface area contributed by atoms with Crippen molar-refractivity contribution in [3.8, 4) is 5.75 Å². The van der Waals surface area contributed by atoms with Crippen LogP contribution in [0.2, 0.25) is 0 Å². The van der Waals surface area contributed by atoms with Gasteiger partial charge in [-0.25, -0.2) is 4.98 Å². The number of nitrogens with one attached hydrogen (secondary N) is 2. The third kappa shape index (κ3) is 4.53. The summed E-state index contributed by atoms with van der Waals surface area (Å²) in [5.74, 6) is 1.00. The average molecular weight is 396 g/mol. The van der Waals surface area contributed by atoms with Crippen LogP contribution >= 0.6 is 27.3 Å². The molecule has 0 spiro atoms. The Bertz CT molecular complexity index is 671. The first-order valence-electron chi connectivity index (χ1n) is 7.56. The van der Waals surface area contributed by atoms with Gasteiger partial charge in [0.1, 0.15) is 5.75 Å². The summed E-state index contributed by atoms with van der Waals surface area (Å²) in [5, 5.41) is 6.80. The molecule has 0 saturated carbocycles. The molecule has 3 rings (SSSR count). The van der Waals surface area contributed by atoms with Crippen molar-refractivity contribution in [1.82, 2.24) is 10.3 Å². The molecule has 122 valence electrons. The van der Waals surface area contributed by atoms with E-state index in [0.29, 0.717) is 16.8 Å². The Hall–Kier alpha value is -1.44. The van der Waals surface area contributed by atoms with Gasteiger partial charge in [0.05, 0.1) is 4.47 Å². The molecule has 1 aromatic heterocycles. The zero-order chi connectivity index (χ0) is 16.1. The lowest BCUT2D eigenvalue weighted by molar-refractivity contribution is -0.118. The molecule has 0 aliphatic carbocycles. The van der Waals surface area contributed by atoms with E-state index in [1.165, 1.54) is 4.88 Å². The van der Waals surface area contributed by atoms with Gasteiger partial charge < -0.3 is 10.1 Å². The van der Waals surface area contributed by atoms with E-state index in [1.807, 2.05) is 30.5 Å². The molecule has 7 heteroatoms. The predicted molar refractivity (Wildman–Crippen MR) is 95.2 cm³/mol. The van der Waals surface area contributed by atoms with Crippen LogP contribution in [-0.4, -0.2) is 30.6 Å². The Labute approximate surface area is 147 Å². The minimum atomic E-state index is -0.202. The van der Waals surface area contributed by atoms with Crippen molar-refractivity contribution in [1.29, 1.82) is 0 Å². The molecular weight excluding hydrogens is 378 g/mol. The Balaban J connectivity index is 1.52. The third-order valence-corrected chi connectivity index (χ3v) is 5.44. The number of aromatic nitrogens is 1. The lowest BCUT2D eigenvalue weighted by Gasteiger charge is -2.20. The molecule has 0 unspecified atom stereocenters. The molecule has 1 amide bonds. The number of para-hydroxylation sites is 1. The van der Waals surface area contributed by atoms with Crippen molar-refractivity contribution in [2.75, 3.05) is 25.0 Å². The lowest BCUT2D eigenvalue weighted by atomic mass is 9.97. The minimum Gasteiger partial charge on any atom is -0.483 e. The molecule has 2 heterocycles. The van der Waals surface area contributed by atoms with Crippen LogP contribution < -0.4 is 15.4 Å². The molecular formula is C16H18BrN3O2S. The zero-order valence-electron chi connectivity index (χ0n) is 12.5. The van der Waals surface area contributed by atoms with Crippen molar-refractivity contribution in [2.24, 2.45) is 0 Å². The molecule has 1 aromatic carbocycles. The van der Waals surface area contributed by atoms with E-state index in [1.54, 1.807) is 11.3 Å². The average Bonchev–Trinajstić information content (AvgIpc) is 3.03. The Kier molecular flexibility index (Phi) is 5.64. The first-order chi connectivity index (χ1) is 11.2. The minimum absolute atomic E-state index is 0.0368. The van der Waals surface area contributed by atoms with Crippen LogP contribution in [0, 0.1) is 0 Å². The van der Waals surface area contributed by atoms with E-state index in [0.717, 1.165) is 30.4 Å². The van der Waals surface area contributed by atoms with E-state index in [4.69, 9.17) is 4.74 Å². The molecule has 1 aliphatic rings. The number of halogens is 1. The molecule has 0 atom stereocenters. The summed E-state index contributed by atoms with van der Waals surface area (Å²) >= 11 is 4.95. The van der Waals surface area contributed by atoms with Gasteiger partial charge in [0.15, 0.2) is 11.7 Å². The number of rotatable bonds is 5. The van der Waals surface area contributed by atoms with E-state index in [9.17, 15) is 4.79 Å². The number of anilines is 1. The van der Waals surface area contributed by atoms with E-state index >= 15 is 0 Å². The van der Waals surface area contributed by atoms with Gasteiger partial charge in [-0.05, 0) is 59.9 Å². The number of nitrogens with zero attached hydrogens (tertiary/aromatic N) is 1. The summed E-state index contributed by atoms with van der Waals surface area (Å²) in [7, 11) is 0. The van der Waals surface area contributed by atoms with Gasteiger partial charge >= 0.3 is 0 Å². The van der Waals surface area contributed by atoms with Crippen LogP contribution in [0.3, 0.4) is 0 Å². The summed E-state index contributed by atoms with van der Waals surface area (Å²) in [4.78, 5) is 17.5. The van der Waals surface area contributed by atoms with Crippen LogP contribution in [0.5, 0.6) is 5.75 Å². The number of amides is 1. The predicted octanol–water partition coefficient (Wildman–Crippen LogP) is 3.39. The number of benzene rings is 1. The van der Waals surface area contributed by atoms with Gasteiger partial charge in [-0.15, -0.1) is 11.3 Å². The molecule has 23 heavy (non-hydrogen) atoms. The van der Waals surface area contributed by atoms with Gasteiger partial charge in [-0.1, -0.05) is 12.1 Å². The quantitative estimate of drug-likeness (QED) is 0.814. The Morgan fingerprint density at radius 1 is 1.39 bits per heavy atom. The molecule has 1 aliphatic heterocycles. The van der Waals surface area contributed by atoms with Gasteiger partial charge in [0.25, 0.3) is 5.91 Å². The smallest absolute Gasteiger partial charge is 0.264 e. The summed E-state index contributed by atoms with van der Waals surface area (Å²) in [6.07, 6.45) is 4.13. The number of hydrogen-bond acceptors (Lipinski definition) is 5. The fourth-order valence-electron chi connectivity index (χ4n) is 2.50. The SMILES string of the molecule is O=C(COc1ccccc1Br)Nc1ncc(C2CCNCC2)s1. The second kappa shape index (κ2) is 7.90. The third-order valence-electron chi connectivity index (χ3n) is 3.71. The monoisotopic (exact) mass is 395 g/mol. The van der Waals surface area contributed by atoms with E-state index in [2.05, 4.69) is 31.5 Å². The number of carbonyl (C=O) groups is 1. The standard InChI is InChI=1S/C16H18BrN3O2S/c17-12-3-1-2-4-13(12)22-10-15(21)20-16-19-9-14(23-16)11-5-7-18-8-6-11/h1-4,9,11,18H,5-8,10H2,(H,19,20,21). The number of piperidine rings is 1. The first kappa shape index (κ1) is 16.4. The Morgan fingerprint density at radius 3 is 2.96 bits per heavy atom. The molecule has 0 radical (unpaired) electrons. The van der Waals surface area contributed by atoms with Gasteiger partial charge in [0.2, 0.25) is 0 Å².